The van der Waals surface area contributed by atoms with E-state index in [0.717, 1.165) is 5.56 Å². The zero-order chi connectivity index (χ0) is 11.2. The first-order valence-corrected chi connectivity index (χ1v) is 5.24. The lowest BCUT2D eigenvalue weighted by Gasteiger charge is -2.48. The summed E-state index contributed by atoms with van der Waals surface area (Å²) in [6.45, 7) is 5.79. The van der Waals surface area contributed by atoms with Crippen LogP contribution < -0.4 is 0 Å². The molecule has 0 aromatic heterocycles. The van der Waals surface area contributed by atoms with Crippen LogP contribution in [0.2, 0.25) is 0 Å². The van der Waals surface area contributed by atoms with Gasteiger partial charge in [-0.2, -0.15) is 0 Å². The van der Waals surface area contributed by atoms with Crippen LogP contribution in [0.5, 0.6) is 0 Å². The predicted molar refractivity (Wildman–Crippen MR) is 57.1 cm³/mol. The van der Waals surface area contributed by atoms with Gasteiger partial charge in [0.25, 0.3) is 0 Å². The third kappa shape index (κ3) is 1.39. The number of benzene rings is 1. The third-order valence-electron chi connectivity index (χ3n) is 3.53. The van der Waals surface area contributed by atoms with E-state index < -0.39 is 0 Å². The largest absolute Gasteiger partial charge is 0.299 e. The summed E-state index contributed by atoms with van der Waals surface area (Å²) in [4.78, 5) is 11.7. The molecule has 0 saturated heterocycles. The molecule has 0 aliphatic heterocycles. The average Bonchev–Trinajstić information content (AvgIpc) is 2.17. The first kappa shape index (κ1) is 10.3. The topological polar surface area (TPSA) is 17.1 Å². The molecule has 1 aromatic rings. The minimum Gasteiger partial charge on any atom is -0.299 e. The standard InChI is InChI=1S/C13H15FO/c1-8-11(13(2,3)12(8)15)9-5-4-6-10(14)7-9/h4-8,11H,1-3H3. The van der Waals surface area contributed by atoms with Crippen LogP contribution in [0.4, 0.5) is 4.39 Å². The van der Waals surface area contributed by atoms with Gasteiger partial charge in [0.1, 0.15) is 11.6 Å². The highest BCUT2D eigenvalue weighted by atomic mass is 19.1. The van der Waals surface area contributed by atoms with E-state index in [0.29, 0.717) is 0 Å². The van der Waals surface area contributed by atoms with E-state index >= 15 is 0 Å². The SMILES string of the molecule is CC1C(=O)C(C)(C)C1c1cccc(F)c1. The first-order valence-electron chi connectivity index (χ1n) is 5.24. The van der Waals surface area contributed by atoms with E-state index in [1.165, 1.54) is 12.1 Å². The summed E-state index contributed by atoms with van der Waals surface area (Å²) in [5.41, 5.74) is 0.597. The second-order valence-corrected chi connectivity index (χ2v) is 4.91. The van der Waals surface area contributed by atoms with Crippen LogP contribution in [-0.2, 0) is 4.79 Å². The number of rotatable bonds is 1. The lowest BCUT2D eigenvalue weighted by molar-refractivity contribution is -0.145. The fourth-order valence-electron chi connectivity index (χ4n) is 2.83. The Hall–Kier alpha value is -1.18. The molecule has 0 spiro atoms. The molecule has 1 nitrogen and oxygen atoms in total. The van der Waals surface area contributed by atoms with Gasteiger partial charge in [-0.1, -0.05) is 32.9 Å². The van der Waals surface area contributed by atoms with Crippen molar-refractivity contribution in [2.24, 2.45) is 11.3 Å². The van der Waals surface area contributed by atoms with Crippen molar-refractivity contribution in [3.05, 3.63) is 35.6 Å². The molecule has 0 N–H and O–H groups in total. The zero-order valence-corrected chi connectivity index (χ0v) is 9.25. The maximum atomic E-state index is 13.1. The summed E-state index contributed by atoms with van der Waals surface area (Å²) in [6.07, 6.45) is 0. The van der Waals surface area contributed by atoms with Gasteiger partial charge in [0, 0.05) is 17.3 Å². The van der Waals surface area contributed by atoms with Crippen molar-refractivity contribution in [3.63, 3.8) is 0 Å². The first-order chi connectivity index (χ1) is 6.94. The smallest absolute Gasteiger partial charge is 0.142 e. The highest BCUT2D eigenvalue weighted by Crippen LogP contribution is 2.53. The molecule has 2 heteroatoms. The molecule has 0 amide bonds. The molecule has 0 radical (unpaired) electrons. The molecule has 80 valence electrons. The Morgan fingerprint density at radius 2 is 2.00 bits per heavy atom. The second-order valence-electron chi connectivity index (χ2n) is 4.91. The zero-order valence-electron chi connectivity index (χ0n) is 9.25. The highest BCUT2D eigenvalue weighted by Gasteiger charge is 2.53. The molecule has 0 heterocycles. The van der Waals surface area contributed by atoms with E-state index in [4.69, 9.17) is 0 Å². The van der Waals surface area contributed by atoms with Gasteiger partial charge in [0.05, 0.1) is 0 Å². The maximum absolute atomic E-state index is 13.1. The summed E-state index contributed by atoms with van der Waals surface area (Å²) in [5, 5.41) is 0. The Bertz CT molecular complexity index is 409. The molecular weight excluding hydrogens is 191 g/mol. The number of halogens is 1. The second kappa shape index (κ2) is 3.16. The number of ketones is 1. The molecule has 2 atom stereocenters. The van der Waals surface area contributed by atoms with Gasteiger partial charge in [-0.15, -0.1) is 0 Å². The van der Waals surface area contributed by atoms with Gasteiger partial charge in [0.15, 0.2) is 0 Å². The van der Waals surface area contributed by atoms with Crippen molar-refractivity contribution in [2.75, 3.05) is 0 Å². The molecule has 1 aliphatic rings. The minimum atomic E-state index is -0.340. The van der Waals surface area contributed by atoms with Gasteiger partial charge in [-0.05, 0) is 17.7 Å². The molecule has 1 aliphatic carbocycles. The monoisotopic (exact) mass is 206 g/mol. The van der Waals surface area contributed by atoms with Crippen LogP contribution in [0, 0.1) is 17.2 Å². The fraction of sp³-hybridized carbons (Fsp3) is 0.462. The van der Waals surface area contributed by atoms with E-state index in [1.807, 2.05) is 26.8 Å². The Balaban J connectivity index is 2.37. The normalized spacial score (nSPS) is 28.7. The summed E-state index contributed by atoms with van der Waals surface area (Å²) in [7, 11) is 0. The lowest BCUT2D eigenvalue weighted by Crippen LogP contribution is -2.51. The average molecular weight is 206 g/mol. The maximum Gasteiger partial charge on any atom is 0.142 e. The number of hydrogen-bond donors (Lipinski definition) is 0. The van der Waals surface area contributed by atoms with E-state index in [1.54, 1.807) is 6.07 Å². The molecule has 15 heavy (non-hydrogen) atoms. The summed E-state index contributed by atoms with van der Waals surface area (Å²) in [6, 6.07) is 6.58. The molecule has 2 unspecified atom stereocenters. The van der Waals surface area contributed by atoms with Crippen LogP contribution in [0.3, 0.4) is 0 Å². The summed E-state index contributed by atoms with van der Waals surface area (Å²) in [5.74, 6) is 0.217. The van der Waals surface area contributed by atoms with Crippen LogP contribution in [0.25, 0.3) is 0 Å². The van der Waals surface area contributed by atoms with E-state index in [-0.39, 0.29) is 28.9 Å². The third-order valence-corrected chi connectivity index (χ3v) is 3.53. The van der Waals surface area contributed by atoms with Crippen molar-refractivity contribution in [2.45, 2.75) is 26.7 Å². The molecule has 1 aromatic carbocycles. The molecule has 0 bridgehead atoms. The Labute approximate surface area is 89.3 Å². The van der Waals surface area contributed by atoms with Gasteiger partial charge in [-0.25, -0.2) is 4.39 Å². The Morgan fingerprint density at radius 1 is 1.33 bits per heavy atom. The minimum absolute atomic E-state index is 0.0156. The number of hydrogen-bond acceptors (Lipinski definition) is 1. The van der Waals surface area contributed by atoms with Crippen molar-refractivity contribution >= 4 is 5.78 Å². The van der Waals surface area contributed by atoms with Gasteiger partial charge in [-0.3, -0.25) is 4.79 Å². The molecule has 2 rings (SSSR count). The number of Topliss-reactive ketones (excluding diaryl/α,β-unsaturated/α-hetero) is 1. The van der Waals surface area contributed by atoms with Gasteiger partial charge >= 0.3 is 0 Å². The predicted octanol–water partition coefficient (Wildman–Crippen LogP) is 3.15. The molecular formula is C13H15FO. The molecule has 1 saturated carbocycles. The van der Waals surface area contributed by atoms with Crippen molar-refractivity contribution in [3.8, 4) is 0 Å². The molecule has 1 fully saturated rings. The Morgan fingerprint density at radius 3 is 2.53 bits per heavy atom. The van der Waals surface area contributed by atoms with Crippen LogP contribution >= 0.6 is 0 Å². The van der Waals surface area contributed by atoms with Gasteiger partial charge in [0.2, 0.25) is 0 Å². The van der Waals surface area contributed by atoms with Crippen LogP contribution in [0.15, 0.2) is 24.3 Å². The fourth-order valence-corrected chi connectivity index (χ4v) is 2.83. The number of carbonyl (C=O) groups excluding carboxylic acids is 1. The van der Waals surface area contributed by atoms with Gasteiger partial charge < -0.3 is 0 Å². The Kier molecular flexibility index (Phi) is 2.18. The van der Waals surface area contributed by atoms with Crippen molar-refractivity contribution < 1.29 is 9.18 Å². The quantitative estimate of drug-likeness (QED) is 0.689. The van der Waals surface area contributed by atoms with E-state index in [9.17, 15) is 9.18 Å². The van der Waals surface area contributed by atoms with E-state index in [2.05, 4.69) is 0 Å². The number of carbonyl (C=O) groups is 1. The van der Waals surface area contributed by atoms with Crippen molar-refractivity contribution in [1.82, 2.24) is 0 Å². The van der Waals surface area contributed by atoms with Crippen LogP contribution in [-0.4, -0.2) is 5.78 Å². The summed E-state index contributed by atoms with van der Waals surface area (Å²) < 4.78 is 13.1. The lowest BCUT2D eigenvalue weighted by atomic mass is 9.53. The van der Waals surface area contributed by atoms with Crippen molar-refractivity contribution in [1.29, 1.82) is 0 Å². The summed E-state index contributed by atoms with van der Waals surface area (Å²) >= 11 is 0. The highest BCUT2D eigenvalue weighted by molar-refractivity contribution is 5.94. The van der Waals surface area contributed by atoms with Crippen LogP contribution in [0.1, 0.15) is 32.3 Å².